The van der Waals surface area contributed by atoms with E-state index in [4.69, 9.17) is 0 Å². The van der Waals surface area contributed by atoms with Crippen LogP contribution in [-0.2, 0) is 22.4 Å². The van der Waals surface area contributed by atoms with E-state index in [0.717, 1.165) is 33.4 Å². The lowest BCUT2D eigenvalue weighted by Crippen LogP contribution is -2.42. The number of hydrogen-bond acceptors (Lipinski definition) is 5. The number of aryl methyl sites for hydroxylation is 2. The number of nitrogens with zero attached hydrogens (tertiary/aromatic N) is 4. The average molecular weight is 391 g/mol. The second-order valence-corrected chi connectivity index (χ2v) is 6.87. The molecule has 0 atom stereocenters. The van der Waals surface area contributed by atoms with Gasteiger partial charge in [0.15, 0.2) is 0 Å². The van der Waals surface area contributed by atoms with Crippen molar-refractivity contribution in [2.24, 2.45) is 0 Å². The van der Waals surface area contributed by atoms with Crippen LogP contribution in [0.3, 0.4) is 0 Å². The number of fused-ring (bicyclic) bond motifs is 2. The molecule has 9 nitrogen and oxygen atoms in total. The van der Waals surface area contributed by atoms with Crippen molar-refractivity contribution in [3.63, 3.8) is 0 Å². The minimum atomic E-state index is -0.277. The molecule has 0 aliphatic heterocycles. The summed E-state index contributed by atoms with van der Waals surface area (Å²) in [5, 5.41) is 5.14. The molecule has 4 aromatic rings. The van der Waals surface area contributed by atoms with E-state index in [2.05, 4.69) is 30.9 Å². The molecule has 4 rings (SSSR count). The average Bonchev–Trinajstić information content (AvgIpc) is 3.33. The number of H-pyrrole nitrogens is 1. The van der Waals surface area contributed by atoms with Crippen molar-refractivity contribution in [2.45, 2.75) is 33.1 Å². The Labute approximate surface area is 166 Å². The molecule has 0 bridgehead atoms. The van der Waals surface area contributed by atoms with E-state index in [1.54, 1.807) is 4.52 Å². The molecule has 0 spiro atoms. The van der Waals surface area contributed by atoms with Crippen LogP contribution >= 0.6 is 0 Å². The van der Waals surface area contributed by atoms with Gasteiger partial charge in [0.1, 0.15) is 6.33 Å². The van der Waals surface area contributed by atoms with Gasteiger partial charge in [0.2, 0.25) is 11.8 Å². The first-order valence-corrected chi connectivity index (χ1v) is 9.31. The summed E-state index contributed by atoms with van der Waals surface area (Å²) in [6.07, 6.45) is 4.15. The molecule has 1 aromatic carbocycles. The van der Waals surface area contributed by atoms with Gasteiger partial charge >= 0.3 is 0 Å². The van der Waals surface area contributed by atoms with Gasteiger partial charge in [-0.3, -0.25) is 20.4 Å². The van der Waals surface area contributed by atoms with Crippen molar-refractivity contribution in [1.82, 2.24) is 35.4 Å². The molecule has 0 saturated heterocycles. The molecule has 148 valence electrons. The van der Waals surface area contributed by atoms with Gasteiger partial charge in [-0.05, 0) is 37.5 Å². The van der Waals surface area contributed by atoms with Crippen molar-refractivity contribution in [3.8, 4) is 0 Å². The maximum absolute atomic E-state index is 12.2. The molecule has 0 unspecified atom stereocenters. The van der Waals surface area contributed by atoms with E-state index in [1.165, 1.54) is 6.33 Å². The standard InChI is InChI=1S/C20H21N7O2/c1-12-15(13(2)27-20(24-12)22-11-23-27)7-8-18(28)25-26-19(29)9-14-10-21-17-6-4-3-5-16(14)17/h3-6,10-11,21H,7-9H2,1-2H3,(H,25,28)(H,26,29). The fraction of sp³-hybridized carbons (Fsp3) is 0.250. The topological polar surface area (TPSA) is 117 Å². The van der Waals surface area contributed by atoms with Crippen molar-refractivity contribution in [1.29, 1.82) is 0 Å². The number of hydrogen-bond donors (Lipinski definition) is 3. The number of aromatic nitrogens is 5. The molecular weight excluding hydrogens is 370 g/mol. The summed E-state index contributed by atoms with van der Waals surface area (Å²) >= 11 is 0. The monoisotopic (exact) mass is 391 g/mol. The number of aromatic amines is 1. The van der Waals surface area contributed by atoms with Crippen LogP contribution in [0.15, 0.2) is 36.8 Å². The highest BCUT2D eigenvalue weighted by atomic mass is 16.2. The van der Waals surface area contributed by atoms with Gasteiger partial charge in [0.25, 0.3) is 5.78 Å². The highest BCUT2D eigenvalue weighted by molar-refractivity contribution is 5.89. The zero-order valence-electron chi connectivity index (χ0n) is 16.2. The summed E-state index contributed by atoms with van der Waals surface area (Å²) in [6, 6.07) is 7.77. The zero-order valence-corrected chi connectivity index (χ0v) is 16.2. The first-order valence-electron chi connectivity index (χ1n) is 9.31. The largest absolute Gasteiger partial charge is 0.361 e. The van der Waals surface area contributed by atoms with Gasteiger partial charge in [-0.15, -0.1) is 0 Å². The van der Waals surface area contributed by atoms with Gasteiger partial charge in [0.05, 0.1) is 6.42 Å². The maximum atomic E-state index is 12.2. The number of nitrogens with one attached hydrogen (secondary N) is 3. The van der Waals surface area contributed by atoms with Crippen LogP contribution in [0.5, 0.6) is 0 Å². The van der Waals surface area contributed by atoms with Crippen molar-refractivity contribution in [3.05, 3.63) is 59.3 Å². The van der Waals surface area contributed by atoms with Gasteiger partial charge < -0.3 is 4.98 Å². The number of carbonyl (C=O) groups is 2. The van der Waals surface area contributed by atoms with Gasteiger partial charge in [-0.1, -0.05) is 18.2 Å². The second kappa shape index (κ2) is 7.70. The number of carbonyl (C=O) groups excluding carboxylic acids is 2. The smallest absolute Gasteiger partial charge is 0.252 e. The minimum Gasteiger partial charge on any atom is -0.361 e. The molecule has 9 heteroatoms. The number of rotatable bonds is 5. The second-order valence-electron chi connectivity index (χ2n) is 6.87. The molecule has 3 N–H and O–H groups in total. The maximum Gasteiger partial charge on any atom is 0.252 e. The van der Waals surface area contributed by atoms with Crippen LogP contribution in [-0.4, -0.2) is 36.4 Å². The van der Waals surface area contributed by atoms with Crippen molar-refractivity contribution in [2.75, 3.05) is 0 Å². The molecule has 29 heavy (non-hydrogen) atoms. The van der Waals surface area contributed by atoms with E-state index in [1.807, 2.05) is 44.3 Å². The Morgan fingerprint density at radius 3 is 2.79 bits per heavy atom. The lowest BCUT2D eigenvalue weighted by molar-refractivity contribution is -0.128. The van der Waals surface area contributed by atoms with Crippen molar-refractivity contribution < 1.29 is 9.59 Å². The summed E-state index contributed by atoms with van der Waals surface area (Å²) < 4.78 is 1.66. The first kappa shape index (κ1) is 18.6. The molecule has 0 aliphatic carbocycles. The Hall–Kier alpha value is -3.75. The fourth-order valence-corrected chi connectivity index (χ4v) is 3.45. The summed E-state index contributed by atoms with van der Waals surface area (Å²) in [5.74, 6) is -0.00586. The van der Waals surface area contributed by atoms with Crippen molar-refractivity contribution >= 4 is 28.5 Å². The van der Waals surface area contributed by atoms with Crippen LogP contribution in [0.4, 0.5) is 0 Å². The van der Waals surface area contributed by atoms with E-state index >= 15 is 0 Å². The Morgan fingerprint density at radius 1 is 1.14 bits per heavy atom. The van der Waals surface area contributed by atoms with Gasteiger partial charge in [0, 0.05) is 34.9 Å². The van der Waals surface area contributed by atoms with E-state index < -0.39 is 0 Å². The van der Waals surface area contributed by atoms with Crippen LogP contribution in [0.2, 0.25) is 0 Å². The van der Waals surface area contributed by atoms with Crippen LogP contribution in [0.1, 0.15) is 28.9 Å². The molecule has 0 fully saturated rings. The summed E-state index contributed by atoms with van der Waals surface area (Å²) in [4.78, 5) is 36.0. The van der Waals surface area contributed by atoms with E-state index in [0.29, 0.717) is 12.2 Å². The molecular formula is C20H21N7O2. The number of para-hydroxylation sites is 1. The molecule has 0 saturated carbocycles. The highest BCUT2D eigenvalue weighted by Gasteiger charge is 2.13. The molecule has 3 heterocycles. The lowest BCUT2D eigenvalue weighted by atomic mass is 10.1. The molecule has 0 radical (unpaired) electrons. The third kappa shape index (κ3) is 3.79. The quantitative estimate of drug-likeness (QED) is 0.446. The molecule has 3 aromatic heterocycles. The first-order chi connectivity index (χ1) is 14.0. The van der Waals surface area contributed by atoms with E-state index in [9.17, 15) is 9.59 Å². The predicted molar refractivity (Wildman–Crippen MR) is 107 cm³/mol. The third-order valence-electron chi connectivity index (χ3n) is 4.96. The summed E-state index contributed by atoms with van der Waals surface area (Å²) in [5.41, 5.74) is 9.49. The Kier molecular flexibility index (Phi) is 4.94. The van der Waals surface area contributed by atoms with Crippen LogP contribution in [0, 0.1) is 13.8 Å². The van der Waals surface area contributed by atoms with Gasteiger partial charge in [-0.25, -0.2) is 9.50 Å². The Morgan fingerprint density at radius 2 is 1.93 bits per heavy atom. The molecule has 2 amide bonds. The number of benzene rings is 1. The number of hydrazine groups is 1. The SMILES string of the molecule is Cc1nc2ncnn2c(C)c1CCC(=O)NNC(=O)Cc1c[nH]c2ccccc12. The van der Waals surface area contributed by atoms with Gasteiger partial charge in [-0.2, -0.15) is 10.1 Å². The predicted octanol–water partition coefficient (Wildman–Crippen LogP) is 1.55. The van der Waals surface area contributed by atoms with Crippen LogP contribution in [0.25, 0.3) is 16.7 Å². The Bertz CT molecular complexity index is 1210. The highest BCUT2D eigenvalue weighted by Crippen LogP contribution is 2.18. The zero-order chi connectivity index (χ0) is 20.4. The normalized spacial score (nSPS) is 11.1. The minimum absolute atomic E-state index is 0.176. The Balaban J connectivity index is 1.32. The number of amides is 2. The summed E-state index contributed by atoms with van der Waals surface area (Å²) in [6.45, 7) is 3.81. The molecule has 0 aliphatic rings. The van der Waals surface area contributed by atoms with E-state index in [-0.39, 0.29) is 24.7 Å². The fourth-order valence-electron chi connectivity index (χ4n) is 3.45. The third-order valence-corrected chi connectivity index (χ3v) is 4.96. The van der Waals surface area contributed by atoms with Crippen LogP contribution < -0.4 is 10.9 Å². The lowest BCUT2D eigenvalue weighted by Gasteiger charge is -2.11. The summed E-state index contributed by atoms with van der Waals surface area (Å²) in [7, 11) is 0.